The van der Waals surface area contributed by atoms with E-state index >= 15 is 0 Å². The molecule has 5 rings (SSSR count). The molecular weight excluding hydrogens is 439 g/mol. The number of nitriles is 1. The highest BCUT2D eigenvalue weighted by molar-refractivity contribution is 5.78. The van der Waals surface area contributed by atoms with E-state index in [2.05, 4.69) is 26.3 Å². The van der Waals surface area contributed by atoms with Crippen LogP contribution in [0.5, 0.6) is 11.6 Å². The minimum absolute atomic E-state index is 0.217. The van der Waals surface area contributed by atoms with Crippen molar-refractivity contribution >= 4 is 11.6 Å². The predicted molar refractivity (Wildman–Crippen MR) is 121 cm³/mol. The number of nitrogens with one attached hydrogen (secondary N) is 1. The van der Waals surface area contributed by atoms with Crippen LogP contribution in [0.3, 0.4) is 0 Å². The summed E-state index contributed by atoms with van der Waals surface area (Å²) in [4.78, 5) is 13.3. The Hall–Kier alpha value is -4.23. The van der Waals surface area contributed by atoms with Crippen molar-refractivity contribution in [3.05, 3.63) is 65.5 Å². The van der Waals surface area contributed by atoms with Gasteiger partial charge in [0.2, 0.25) is 11.8 Å². The number of halogens is 1. The number of ether oxygens (including phenoxy) is 3. The molecule has 0 bridgehead atoms. The zero-order valence-corrected chi connectivity index (χ0v) is 18.4. The van der Waals surface area contributed by atoms with Crippen LogP contribution in [0.25, 0.3) is 16.8 Å². The minimum Gasteiger partial charge on any atom is -0.493 e. The Bertz CT molecular complexity index is 1380. The van der Waals surface area contributed by atoms with Crippen molar-refractivity contribution in [1.29, 1.82) is 5.26 Å². The van der Waals surface area contributed by atoms with Gasteiger partial charge in [-0.3, -0.25) is 4.40 Å². The molecule has 0 atom stereocenters. The molecule has 4 heterocycles. The summed E-state index contributed by atoms with van der Waals surface area (Å²) in [5, 5.41) is 12.6. The van der Waals surface area contributed by atoms with Crippen LogP contribution in [0.4, 0.5) is 10.3 Å². The molecule has 0 amide bonds. The van der Waals surface area contributed by atoms with Gasteiger partial charge < -0.3 is 19.5 Å². The van der Waals surface area contributed by atoms with E-state index in [9.17, 15) is 9.65 Å². The van der Waals surface area contributed by atoms with Crippen molar-refractivity contribution in [2.24, 2.45) is 0 Å². The topological polar surface area (TPSA) is 107 Å². The van der Waals surface area contributed by atoms with Gasteiger partial charge in [-0.1, -0.05) is 0 Å². The monoisotopic (exact) mass is 460 g/mol. The summed E-state index contributed by atoms with van der Waals surface area (Å²) in [6.07, 6.45) is 5.57. The Morgan fingerprint density at radius 3 is 2.91 bits per heavy atom. The molecule has 0 radical (unpaired) electrons. The SMILES string of the molecule is COCCOc1ccc(-c2cnc(NCc3c(F)ccc4c3CCO4)n3cc(C#N)nc23)cn1. The smallest absolute Gasteiger partial charge is 0.213 e. The first-order valence-electron chi connectivity index (χ1n) is 10.7. The van der Waals surface area contributed by atoms with Crippen LogP contribution in [-0.2, 0) is 17.7 Å². The lowest BCUT2D eigenvalue weighted by molar-refractivity contribution is 0.144. The minimum atomic E-state index is -0.299. The average molecular weight is 460 g/mol. The highest BCUT2D eigenvalue weighted by Gasteiger charge is 2.20. The van der Waals surface area contributed by atoms with Crippen molar-refractivity contribution in [2.75, 3.05) is 32.2 Å². The number of pyridine rings is 1. The number of aromatic nitrogens is 4. The summed E-state index contributed by atoms with van der Waals surface area (Å²) in [7, 11) is 1.61. The molecule has 1 aliphatic heterocycles. The summed E-state index contributed by atoms with van der Waals surface area (Å²) < 4.78 is 32.3. The number of fused-ring (bicyclic) bond motifs is 2. The van der Waals surface area contributed by atoms with Crippen LogP contribution in [0, 0.1) is 17.1 Å². The molecule has 0 saturated carbocycles. The van der Waals surface area contributed by atoms with Crippen molar-refractivity contribution in [3.8, 4) is 28.8 Å². The van der Waals surface area contributed by atoms with Crippen LogP contribution < -0.4 is 14.8 Å². The van der Waals surface area contributed by atoms with Crippen LogP contribution >= 0.6 is 0 Å². The molecular formula is C24H21FN6O3. The van der Waals surface area contributed by atoms with E-state index in [0.717, 1.165) is 11.1 Å². The predicted octanol–water partition coefficient (Wildman–Crippen LogP) is 3.37. The number of benzene rings is 1. The fourth-order valence-corrected chi connectivity index (χ4v) is 3.89. The zero-order valence-electron chi connectivity index (χ0n) is 18.4. The third-order valence-corrected chi connectivity index (χ3v) is 5.55. The number of imidazole rings is 1. The molecule has 1 N–H and O–H groups in total. The number of hydrogen-bond acceptors (Lipinski definition) is 8. The molecule has 0 spiro atoms. The maximum Gasteiger partial charge on any atom is 0.213 e. The number of methoxy groups -OCH3 is 1. The lowest BCUT2D eigenvalue weighted by Gasteiger charge is -2.13. The van der Waals surface area contributed by atoms with E-state index in [4.69, 9.17) is 14.2 Å². The van der Waals surface area contributed by atoms with Gasteiger partial charge in [-0.15, -0.1) is 0 Å². The van der Waals surface area contributed by atoms with Crippen molar-refractivity contribution in [1.82, 2.24) is 19.4 Å². The zero-order chi connectivity index (χ0) is 23.5. The summed E-state index contributed by atoms with van der Waals surface area (Å²) in [6.45, 7) is 1.63. The van der Waals surface area contributed by atoms with E-state index in [1.807, 2.05) is 6.07 Å². The molecule has 1 aromatic carbocycles. The number of anilines is 1. The molecule has 172 valence electrons. The van der Waals surface area contributed by atoms with E-state index < -0.39 is 0 Å². The van der Waals surface area contributed by atoms with Gasteiger partial charge in [0.15, 0.2) is 11.3 Å². The van der Waals surface area contributed by atoms with E-state index in [0.29, 0.717) is 60.6 Å². The quantitative estimate of drug-likeness (QED) is 0.399. The molecule has 3 aromatic heterocycles. The van der Waals surface area contributed by atoms with Crippen LogP contribution in [0.15, 0.2) is 42.9 Å². The lowest BCUT2D eigenvalue weighted by atomic mass is 10.0. The maximum atomic E-state index is 14.5. The van der Waals surface area contributed by atoms with Crippen LogP contribution in [0.1, 0.15) is 16.8 Å². The Morgan fingerprint density at radius 1 is 1.21 bits per heavy atom. The fourth-order valence-electron chi connectivity index (χ4n) is 3.89. The van der Waals surface area contributed by atoms with Crippen LogP contribution in [-0.4, -0.2) is 46.3 Å². The first-order valence-corrected chi connectivity index (χ1v) is 10.7. The Morgan fingerprint density at radius 2 is 2.12 bits per heavy atom. The van der Waals surface area contributed by atoms with E-state index in [1.165, 1.54) is 6.07 Å². The van der Waals surface area contributed by atoms with Crippen molar-refractivity contribution < 1.29 is 18.6 Å². The van der Waals surface area contributed by atoms with Gasteiger partial charge in [0, 0.05) is 60.8 Å². The standard InChI is InChI=1S/C24H21FN6O3/c1-32-8-9-34-22-5-2-15(11-27-22)18-12-28-24(31-14-16(10-26)30-23(18)31)29-13-19-17-6-7-33-21(17)4-3-20(19)25/h2-5,11-12,14H,6-9,13H2,1H3,(H,28,29). The fraction of sp³-hybridized carbons (Fsp3) is 0.250. The normalized spacial score (nSPS) is 12.3. The summed E-state index contributed by atoms with van der Waals surface area (Å²) in [6, 6.07) is 8.73. The van der Waals surface area contributed by atoms with Gasteiger partial charge in [0.25, 0.3) is 0 Å². The average Bonchev–Trinajstić information content (AvgIpc) is 3.51. The van der Waals surface area contributed by atoms with Crippen LogP contribution in [0.2, 0.25) is 0 Å². The summed E-state index contributed by atoms with van der Waals surface area (Å²) in [5.41, 5.74) is 3.65. The van der Waals surface area contributed by atoms with E-state index in [1.54, 1.807) is 42.2 Å². The molecule has 0 unspecified atom stereocenters. The largest absolute Gasteiger partial charge is 0.493 e. The second-order valence-electron chi connectivity index (χ2n) is 7.61. The van der Waals surface area contributed by atoms with Gasteiger partial charge in [0.05, 0.1) is 19.4 Å². The van der Waals surface area contributed by atoms with E-state index in [-0.39, 0.29) is 18.1 Å². The molecule has 1 aliphatic rings. The Kier molecular flexibility index (Phi) is 5.93. The summed E-state index contributed by atoms with van der Waals surface area (Å²) in [5.74, 6) is 1.33. The molecule has 4 aromatic rings. The maximum absolute atomic E-state index is 14.5. The highest BCUT2D eigenvalue weighted by atomic mass is 19.1. The molecule has 0 aliphatic carbocycles. The molecule has 10 heteroatoms. The number of hydrogen-bond donors (Lipinski definition) is 1. The molecule has 0 fully saturated rings. The Labute approximate surface area is 194 Å². The number of rotatable bonds is 8. The summed E-state index contributed by atoms with van der Waals surface area (Å²) >= 11 is 0. The first kappa shape index (κ1) is 21.6. The second-order valence-corrected chi connectivity index (χ2v) is 7.61. The lowest BCUT2D eigenvalue weighted by Crippen LogP contribution is -2.09. The van der Waals surface area contributed by atoms with Gasteiger partial charge >= 0.3 is 0 Å². The van der Waals surface area contributed by atoms with Crippen molar-refractivity contribution in [3.63, 3.8) is 0 Å². The van der Waals surface area contributed by atoms with Gasteiger partial charge in [-0.25, -0.2) is 19.3 Å². The van der Waals surface area contributed by atoms with Crippen molar-refractivity contribution in [2.45, 2.75) is 13.0 Å². The molecule has 0 saturated heterocycles. The third kappa shape index (κ3) is 4.09. The Balaban J connectivity index is 1.44. The molecule has 34 heavy (non-hydrogen) atoms. The molecule has 9 nitrogen and oxygen atoms in total. The first-order chi connectivity index (χ1) is 16.7. The second kappa shape index (κ2) is 9.33. The van der Waals surface area contributed by atoms with Gasteiger partial charge in [-0.05, 0) is 18.2 Å². The third-order valence-electron chi connectivity index (χ3n) is 5.55. The van der Waals surface area contributed by atoms with Gasteiger partial charge in [0.1, 0.15) is 24.2 Å². The van der Waals surface area contributed by atoms with Gasteiger partial charge in [-0.2, -0.15) is 5.26 Å². The highest BCUT2D eigenvalue weighted by Crippen LogP contribution is 2.31. The number of nitrogens with zero attached hydrogens (tertiary/aromatic N) is 5.